The fourth-order valence-electron chi connectivity index (χ4n) is 2.94. The molecule has 33 heavy (non-hydrogen) atoms. The Labute approximate surface area is 186 Å². The maximum absolute atomic E-state index is 13.7. The van der Waals surface area contributed by atoms with Gasteiger partial charge in [-0.25, -0.2) is 8.78 Å². The molecule has 3 rings (SSSR count). The number of carbonyl (C=O) groups excluding carboxylic acids is 2. The van der Waals surface area contributed by atoms with Crippen molar-refractivity contribution in [3.63, 3.8) is 0 Å². The second kappa shape index (κ2) is 10.5. The van der Waals surface area contributed by atoms with Crippen molar-refractivity contribution in [1.29, 1.82) is 0 Å². The third-order valence-corrected chi connectivity index (χ3v) is 4.47. The third-order valence-electron chi connectivity index (χ3n) is 4.47. The highest BCUT2D eigenvalue weighted by atomic mass is 19.3. The number of ether oxygens (including phenoxy) is 2. The Hall–Kier alpha value is -4.08. The van der Waals surface area contributed by atoms with Gasteiger partial charge in [0.25, 0.3) is 5.91 Å². The molecule has 3 aromatic rings. The zero-order valence-electron chi connectivity index (χ0n) is 17.2. The van der Waals surface area contributed by atoms with Crippen molar-refractivity contribution < 1.29 is 36.6 Å². The molecule has 2 N–H and O–H groups in total. The smallest absolute Gasteiger partial charge is 0.387 e. The summed E-state index contributed by atoms with van der Waals surface area (Å²) >= 11 is 0. The number of anilines is 1. The molecule has 6 nitrogen and oxygen atoms in total. The molecule has 0 atom stereocenters. The molecule has 0 aliphatic rings. The van der Waals surface area contributed by atoms with Gasteiger partial charge in [-0.05, 0) is 48.0 Å². The molecule has 0 spiro atoms. The summed E-state index contributed by atoms with van der Waals surface area (Å²) in [5, 5.41) is 4.74. The molecule has 10 heteroatoms. The quantitative estimate of drug-likeness (QED) is 0.480. The van der Waals surface area contributed by atoms with Gasteiger partial charge in [0.15, 0.2) is 0 Å². The number of hydrogen-bond acceptors (Lipinski definition) is 4. The summed E-state index contributed by atoms with van der Waals surface area (Å²) in [6.07, 6.45) is 0. The minimum atomic E-state index is -3.05. The van der Waals surface area contributed by atoms with Gasteiger partial charge in [0, 0.05) is 17.3 Å². The van der Waals surface area contributed by atoms with Crippen LogP contribution in [0.15, 0.2) is 60.7 Å². The maximum atomic E-state index is 13.7. The van der Waals surface area contributed by atoms with E-state index in [2.05, 4.69) is 15.4 Å². The molecule has 0 aliphatic heterocycles. The number of benzene rings is 3. The van der Waals surface area contributed by atoms with E-state index in [0.29, 0.717) is 17.4 Å². The minimum absolute atomic E-state index is 0.103. The first-order chi connectivity index (χ1) is 15.8. The topological polar surface area (TPSA) is 76.7 Å². The number of amides is 2. The van der Waals surface area contributed by atoms with Crippen molar-refractivity contribution in [2.45, 2.75) is 6.61 Å². The number of carbonyl (C=O) groups is 2. The highest BCUT2D eigenvalue weighted by Crippen LogP contribution is 2.34. The van der Waals surface area contributed by atoms with Crippen molar-refractivity contribution in [2.24, 2.45) is 0 Å². The predicted molar refractivity (Wildman–Crippen MR) is 112 cm³/mol. The fraction of sp³-hybridized carbons (Fsp3) is 0.130. The Morgan fingerprint density at radius 1 is 0.970 bits per heavy atom. The molecule has 0 saturated carbocycles. The lowest BCUT2D eigenvalue weighted by molar-refractivity contribution is -0.115. The Morgan fingerprint density at radius 3 is 2.33 bits per heavy atom. The van der Waals surface area contributed by atoms with Crippen molar-refractivity contribution in [1.82, 2.24) is 5.32 Å². The first-order valence-corrected chi connectivity index (χ1v) is 9.53. The van der Waals surface area contributed by atoms with Crippen molar-refractivity contribution in [3.05, 3.63) is 77.9 Å². The van der Waals surface area contributed by atoms with Gasteiger partial charge in [-0.2, -0.15) is 8.78 Å². The lowest BCUT2D eigenvalue weighted by Crippen LogP contribution is -2.33. The zero-order valence-corrected chi connectivity index (χ0v) is 17.2. The van der Waals surface area contributed by atoms with Crippen LogP contribution in [0.4, 0.5) is 23.2 Å². The van der Waals surface area contributed by atoms with Crippen LogP contribution in [-0.4, -0.2) is 32.1 Å². The standard InChI is InChI=1S/C23H18F4N2O4/c1-32-16-6-2-13(3-7-16)18-11-15(5-9-20(18)33-23(26)27)29-21(30)12-28-22(31)17-8-4-14(24)10-19(17)25/h2-11,23H,12H2,1H3,(H,28,31)(H,29,30). The van der Waals surface area contributed by atoms with Gasteiger partial charge in [-0.15, -0.1) is 0 Å². The average Bonchev–Trinajstić information content (AvgIpc) is 2.78. The van der Waals surface area contributed by atoms with Gasteiger partial charge in [-0.3, -0.25) is 9.59 Å². The largest absolute Gasteiger partial charge is 0.497 e. The van der Waals surface area contributed by atoms with E-state index < -0.39 is 42.2 Å². The third kappa shape index (κ3) is 6.22. The molecule has 0 unspecified atom stereocenters. The number of halogens is 4. The van der Waals surface area contributed by atoms with Crippen molar-refractivity contribution in [3.8, 4) is 22.6 Å². The molecule has 0 aromatic heterocycles. The van der Waals surface area contributed by atoms with Crippen molar-refractivity contribution >= 4 is 17.5 Å². The van der Waals surface area contributed by atoms with Gasteiger partial charge in [0.1, 0.15) is 23.1 Å². The second-order valence-corrected chi connectivity index (χ2v) is 6.67. The molecular formula is C23H18F4N2O4. The Bertz CT molecular complexity index is 1150. The highest BCUT2D eigenvalue weighted by molar-refractivity contribution is 5.99. The van der Waals surface area contributed by atoms with Gasteiger partial charge >= 0.3 is 6.61 Å². The molecule has 0 radical (unpaired) electrons. The molecule has 0 aliphatic carbocycles. The first-order valence-electron chi connectivity index (χ1n) is 9.53. The molecule has 3 aromatic carbocycles. The molecule has 0 heterocycles. The number of hydrogen-bond donors (Lipinski definition) is 2. The van der Waals surface area contributed by atoms with Crippen LogP contribution in [-0.2, 0) is 4.79 Å². The predicted octanol–water partition coefficient (Wildman–Crippen LogP) is 4.61. The number of rotatable bonds is 8. The summed E-state index contributed by atoms with van der Waals surface area (Å²) in [7, 11) is 1.49. The van der Waals surface area contributed by atoms with Gasteiger partial charge in [0.2, 0.25) is 5.91 Å². The van der Waals surface area contributed by atoms with Crippen LogP contribution in [0.1, 0.15) is 10.4 Å². The molecule has 172 valence electrons. The van der Waals surface area contributed by atoms with Gasteiger partial charge in [-0.1, -0.05) is 12.1 Å². The molecular weight excluding hydrogens is 444 g/mol. The van der Waals surface area contributed by atoms with Crippen LogP contribution in [0.3, 0.4) is 0 Å². The highest BCUT2D eigenvalue weighted by Gasteiger charge is 2.16. The van der Waals surface area contributed by atoms with E-state index in [0.717, 1.165) is 12.1 Å². The Morgan fingerprint density at radius 2 is 1.70 bits per heavy atom. The van der Waals surface area contributed by atoms with Crippen molar-refractivity contribution in [2.75, 3.05) is 19.0 Å². The minimum Gasteiger partial charge on any atom is -0.497 e. The SMILES string of the molecule is COc1ccc(-c2cc(NC(=O)CNC(=O)c3ccc(F)cc3F)ccc2OC(F)F)cc1. The van der Waals surface area contributed by atoms with Crippen LogP contribution >= 0.6 is 0 Å². The number of methoxy groups -OCH3 is 1. The molecule has 0 bridgehead atoms. The van der Waals surface area contributed by atoms with E-state index in [4.69, 9.17) is 4.74 Å². The van der Waals surface area contributed by atoms with E-state index in [1.54, 1.807) is 24.3 Å². The van der Waals surface area contributed by atoms with Crippen LogP contribution in [0, 0.1) is 11.6 Å². The summed E-state index contributed by atoms with van der Waals surface area (Å²) in [6, 6.07) is 13.0. The van der Waals surface area contributed by atoms with Crippen LogP contribution in [0.5, 0.6) is 11.5 Å². The average molecular weight is 462 g/mol. The van der Waals surface area contributed by atoms with E-state index >= 15 is 0 Å². The molecule has 2 amide bonds. The van der Waals surface area contributed by atoms with Gasteiger partial charge < -0.3 is 20.1 Å². The normalized spacial score (nSPS) is 10.6. The van der Waals surface area contributed by atoms with E-state index in [1.807, 2.05) is 0 Å². The summed E-state index contributed by atoms with van der Waals surface area (Å²) in [4.78, 5) is 24.3. The fourth-order valence-corrected chi connectivity index (χ4v) is 2.94. The lowest BCUT2D eigenvalue weighted by atomic mass is 10.0. The zero-order chi connectivity index (χ0) is 24.0. The summed E-state index contributed by atoms with van der Waals surface area (Å²) < 4.78 is 61.9. The van der Waals surface area contributed by atoms with E-state index in [9.17, 15) is 27.2 Å². The van der Waals surface area contributed by atoms with Crippen LogP contribution in [0.2, 0.25) is 0 Å². The number of nitrogens with one attached hydrogen (secondary N) is 2. The first kappa shape index (κ1) is 23.6. The monoisotopic (exact) mass is 462 g/mol. The van der Waals surface area contributed by atoms with E-state index in [1.165, 1.54) is 25.3 Å². The van der Waals surface area contributed by atoms with Crippen LogP contribution in [0.25, 0.3) is 11.1 Å². The van der Waals surface area contributed by atoms with Gasteiger partial charge in [0.05, 0.1) is 19.2 Å². The Kier molecular flexibility index (Phi) is 7.50. The maximum Gasteiger partial charge on any atom is 0.387 e. The number of alkyl halides is 2. The lowest BCUT2D eigenvalue weighted by Gasteiger charge is -2.14. The second-order valence-electron chi connectivity index (χ2n) is 6.67. The molecule has 0 saturated heterocycles. The molecule has 0 fully saturated rings. The van der Waals surface area contributed by atoms with Crippen LogP contribution < -0.4 is 20.1 Å². The summed E-state index contributed by atoms with van der Waals surface area (Å²) in [6.45, 7) is -3.56. The van der Waals surface area contributed by atoms with E-state index in [-0.39, 0.29) is 17.0 Å². The Balaban J connectivity index is 1.73. The summed E-state index contributed by atoms with van der Waals surface area (Å²) in [5.74, 6) is -3.00. The summed E-state index contributed by atoms with van der Waals surface area (Å²) in [5.41, 5.74) is 0.643.